The predicted octanol–water partition coefficient (Wildman–Crippen LogP) is 0.988. The fourth-order valence-corrected chi connectivity index (χ4v) is 2.40. The van der Waals surface area contributed by atoms with Crippen molar-refractivity contribution in [3.63, 3.8) is 0 Å². The molecule has 0 radical (unpaired) electrons. The van der Waals surface area contributed by atoms with Gasteiger partial charge in [-0.1, -0.05) is 0 Å². The number of nitrogens with one attached hydrogen (secondary N) is 1. The Kier molecular flexibility index (Phi) is 2.47. The molecule has 7 heteroatoms. The molecule has 0 aliphatic carbocycles. The molecule has 0 bridgehead atoms. The van der Waals surface area contributed by atoms with Crippen LogP contribution in [0.4, 0.5) is 10.1 Å². The van der Waals surface area contributed by atoms with Gasteiger partial charge >= 0.3 is 0 Å². The van der Waals surface area contributed by atoms with Crippen molar-refractivity contribution < 1.29 is 19.1 Å². The molecule has 1 fully saturated rings. The lowest BCUT2D eigenvalue weighted by Gasteiger charge is -2.29. The van der Waals surface area contributed by atoms with Crippen LogP contribution in [-0.4, -0.2) is 21.5 Å². The zero-order chi connectivity index (χ0) is 14.5. The van der Waals surface area contributed by atoms with E-state index in [2.05, 4.69) is 0 Å². The minimum Gasteiger partial charge on any atom is -0.494 e. The van der Waals surface area contributed by atoms with Gasteiger partial charge in [-0.2, -0.15) is 0 Å². The van der Waals surface area contributed by atoms with Crippen LogP contribution in [0.15, 0.2) is 24.4 Å². The summed E-state index contributed by atoms with van der Waals surface area (Å²) >= 11 is 0. The average Bonchev–Trinajstić information content (AvgIpc) is 2.72. The normalized spacial score (nSPS) is 23.1. The second kappa shape index (κ2) is 3.96. The van der Waals surface area contributed by atoms with Crippen LogP contribution in [-0.2, 0) is 15.4 Å². The molecule has 4 N–H and O–H groups in total. The van der Waals surface area contributed by atoms with Gasteiger partial charge in [0.25, 0.3) is 11.7 Å². The van der Waals surface area contributed by atoms with Crippen molar-refractivity contribution in [3.05, 3.63) is 24.4 Å². The standard InChI is InChI=1S/C13H12FN3O3/c14-13(4-3-10(18)16-12(13)20)17-6-7-5-8(15)1-2-9(7)11(17)19/h1-2,5-6,19H,3-4,15H2,(H,16,18,20). The number of nitrogens with zero attached hydrogens (tertiary/aromatic N) is 1. The molecule has 3 rings (SSSR count). The molecule has 1 aromatic carbocycles. The number of piperidine rings is 1. The summed E-state index contributed by atoms with van der Waals surface area (Å²) < 4.78 is 15.7. The largest absolute Gasteiger partial charge is 0.494 e. The first-order valence-corrected chi connectivity index (χ1v) is 6.05. The summed E-state index contributed by atoms with van der Waals surface area (Å²) in [5, 5.41) is 12.9. The average molecular weight is 277 g/mol. The van der Waals surface area contributed by atoms with Crippen molar-refractivity contribution in [2.45, 2.75) is 18.6 Å². The maximum absolute atomic E-state index is 14.9. The Labute approximate surface area is 113 Å². The summed E-state index contributed by atoms with van der Waals surface area (Å²) in [6.45, 7) is 0. The van der Waals surface area contributed by atoms with E-state index in [0.29, 0.717) is 16.5 Å². The summed E-state index contributed by atoms with van der Waals surface area (Å²) in [6, 6.07) is 4.69. The molecule has 1 aromatic heterocycles. The van der Waals surface area contributed by atoms with Gasteiger partial charge in [0.05, 0.1) is 0 Å². The quantitative estimate of drug-likeness (QED) is 0.535. The van der Waals surface area contributed by atoms with E-state index in [0.717, 1.165) is 4.57 Å². The van der Waals surface area contributed by atoms with E-state index in [4.69, 9.17) is 5.73 Å². The number of fused-ring (bicyclic) bond motifs is 1. The summed E-state index contributed by atoms with van der Waals surface area (Å²) in [5.74, 6) is -4.45. The summed E-state index contributed by atoms with van der Waals surface area (Å²) in [5.41, 5.74) is 6.10. The Morgan fingerprint density at radius 3 is 2.85 bits per heavy atom. The Morgan fingerprint density at radius 1 is 1.40 bits per heavy atom. The number of carbonyl (C=O) groups is 2. The number of anilines is 1. The first-order chi connectivity index (χ1) is 9.41. The number of aromatic nitrogens is 1. The minimum atomic E-state index is -2.48. The molecule has 0 saturated carbocycles. The van der Waals surface area contributed by atoms with Crippen molar-refractivity contribution in [1.29, 1.82) is 0 Å². The third kappa shape index (κ3) is 1.63. The van der Waals surface area contributed by atoms with Crippen LogP contribution in [0.25, 0.3) is 10.8 Å². The van der Waals surface area contributed by atoms with E-state index in [1.54, 1.807) is 18.2 Å². The number of alkyl halides is 1. The van der Waals surface area contributed by atoms with E-state index in [1.807, 2.05) is 5.32 Å². The number of imide groups is 1. The van der Waals surface area contributed by atoms with Gasteiger partial charge in [-0.25, -0.2) is 4.39 Å². The van der Waals surface area contributed by atoms with Gasteiger partial charge in [0.2, 0.25) is 11.8 Å². The summed E-state index contributed by atoms with van der Waals surface area (Å²) in [7, 11) is 0. The molecule has 2 aromatic rings. The molecule has 6 nitrogen and oxygen atoms in total. The van der Waals surface area contributed by atoms with Crippen molar-refractivity contribution >= 4 is 28.3 Å². The van der Waals surface area contributed by atoms with E-state index in [-0.39, 0.29) is 18.7 Å². The molecule has 1 aliphatic rings. The third-order valence-electron chi connectivity index (χ3n) is 3.48. The van der Waals surface area contributed by atoms with Crippen molar-refractivity contribution in [2.75, 3.05) is 5.73 Å². The first kappa shape index (κ1) is 12.5. The molecule has 104 valence electrons. The number of aromatic hydroxyl groups is 1. The number of halogens is 1. The molecule has 20 heavy (non-hydrogen) atoms. The fraction of sp³-hybridized carbons (Fsp3) is 0.231. The van der Waals surface area contributed by atoms with E-state index in [9.17, 15) is 19.1 Å². The SMILES string of the molecule is Nc1ccc2c(O)n(C3(F)CCC(=O)NC3=O)cc2c1. The Bertz CT molecular complexity index is 740. The van der Waals surface area contributed by atoms with Gasteiger partial charge in [-0.05, 0) is 18.2 Å². The fourth-order valence-electron chi connectivity index (χ4n) is 2.40. The summed E-state index contributed by atoms with van der Waals surface area (Å²) in [6.07, 6.45) is 0.871. The lowest BCUT2D eigenvalue weighted by atomic mass is 10.0. The number of amides is 2. The lowest BCUT2D eigenvalue weighted by Crippen LogP contribution is -2.51. The number of nitrogen functional groups attached to an aromatic ring is 1. The molecular weight excluding hydrogens is 265 g/mol. The van der Waals surface area contributed by atoms with E-state index < -0.39 is 17.6 Å². The van der Waals surface area contributed by atoms with Gasteiger partial charge in [0.1, 0.15) is 0 Å². The number of hydrogen-bond donors (Lipinski definition) is 3. The molecular formula is C13H12FN3O3. The highest BCUT2D eigenvalue weighted by atomic mass is 19.1. The number of hydrogen-bond acceptors (Lipinski definition) is 4. The van der Waals surface area contributed by atoms with Crippen LogP contribution in [0.2, 0.25) is 0 Å². The Balaban J connectivity index is 2.16. The topological polar surface area (TPSA) is 97.3 Å². The lowest BCUT2D eigenvalue weighted by molar-refractivity contribution is -0.150. The first-order valence-electron chi connectivity index (χ1n) is 6.05. The number of nitrogens with two attached hydrogens (primary N) is 1. The highest BCUT2D eigenvalue weighted by molar-refractivity contribution is 6.01. The van der Waals surface area contributed by atoms with Crippen LogP contribution in [0.5, 0.6) is 5.88 Å². The maximum Gasteiger partial charge on any atom is 0.285 e. The van der Waals surface area contributed by atoms with Crippen molar-refractivity contribution in [1.82, 2.24) is 9.88 Å². The molecule has 1 unspecified atom stereocenters. The smallest absolute Gasteiger partial charge is 0.285 e. The molecule has 1 aliphatic heterocycles. The predicted molar refractivity (Wildman–Crippen MR) is 69.5 cm³/mol. The van der Waals surface area contributed by atoms with Gasteiger partial charge in [0.15, 0.2) is 0 Å². The van der Waals surface area contributed by atoms with Crippen LogP contribution in [0, 0.1) is 0 Å². The Hall–Kier alpha value is -2.57. The maximum atomic E-state index is 14.9. The van der Waals surface area contributed by atoms with Crippen LogP contribution in [0.1, 0.15) is 12.8 Å². The van der Waals surface area contributed by atoms with Gasteiger partial charge < -0.3 is 10.8 Å². The third-order valence-corrected chi connectivity index (χ3v) is 3.48. The van der Waals surface area contributed by atoms with Gasteiger partial charge in [0, 0.05) is 35.5 Å². The molecule has 0 spiro atoms. The molecule has 2 heterocycles. The van der Waals surface area contributed by atoms with Crippen LogP contribution in [0.3, 0.4) is 0 Å². The highest BCUT2D eigenvalue weighted by Gasteiger charge is 2.46. The van der Waals surface area contributed by atoms with E-state index >= 15 is 0 Å². The van der Waals surface area contributed by atoms with E-state index in [1.165, 1.54) is 6.20 Å². The molecule has 1 atom stereocenters. The second-order valence-electron chi connectivity index (χ2n) is 4.81. The van der Waals surface area contributed by atoms with Gasteiger partial charge in [-0.3, -0.25) is 19.5 Å². The highest BCUT2D eigenvalue weighted by Crippen LogP contribution is 2.38. The number of benzene rings is 1. The number of carbonyl (C=O) groups excluding carboxylic acids is 2. The zero-order valence-corrected chi connectivity index (χ0v) is 10.4. The second-order valence-corrected chi connectivity index (χ2v) is 4.81. The Morgan fingerprint density at radius 2 is 2.15 bits per heavy atom. The van der Waals surface area contributed by atoms with Crippen LogP contribution < -0.4 is 11.1 Å². The van der Waals surface area contributed by atoms with Crippen LogP contribution >= 0.6 is 0 Å². The van der Waals surface area contributed by atoms with Gasteiger partial charge in [-0.15, -0.1) is 0 Å². The summed E-state index contributed by atoms with van der Waals surface area (Å²) in [4.78, 5) is 22.9. The number of rotatable bonds is 1. The molecule has 2 amide bonds. The van der Waals surface area contributed by atoms with Crippen molar-refractivity contribution in [2.24, 2.45) is 0 Å². The van der Waals surface area contributed by atoms with Crippen molar-refractivity contribution in [3.8, 4) is 5.88 Å². The minimum absolute atomic E-state index is 0.127. The molecule has 1 saturated heterocycles. The zero-order valence-electron chi connectivity index (χ0n) is 10.4. The monoisotopic (exact) mass is 277 g/mol.